The van der Waals surface area contributed by atoms with Crippen molar-refractivity contribution in [2.45, 2.75) is 38.9 Å². The van der Waals surface area contributed by atoms with Gasteiger partial charge in [-0.25, -0.2) is 4.79 Å². The van der Waals surface area contributed by atoms with Crippen molar-refractivity contribution in [1.29, 1.82) is 0 Å². The molecule has 1 aliphatic carbocycles. The number of nitrogens with zero attached hydrogens (tertiary/aromatic N) is 1. The first-order valence-corrected chi connectivity index (χ1v) is 5.26. The second-order valence-corrected chi connectivity index (χ2v) is 4.11. The van der Waals surface area contributed by atoms with Crippen molar-refractivity contribution in [3.63, 3.8) is 0 Å². The lowest BCUT2D eigenvalue weighted by Gasteiger charge is -2.45. The van der Waals surface area contributed by atoms with Crippen LogP contribution in [0.15, 0.2) is 5.16 Å². The van der Waals surface area contributed by atoms with Crippen LogP contribution in [0, 0.1) is 5.41 Å². The van der Waals surface area contributed by atoms with Crippen LogP contribution in [0.5, 0.6) is 0 Å². The number of hydrogen-bond donors (Lipinski definition) is 1. The highest BCUT2D eigenvalue weighted by Gasteiger charge is 2.49. The van der Waals surface area contributed by atoms with Crippen LogP contribution in [0.2, 0.25) is 0 Å². The number of esters is 1. The fraction of sp³-hybridized carbons (Fsp3) is 0.800. The second kappa shape index (κ2) is 3.81. The molecule has 84 valence electrons. The molecule has 2 rings (SSSR count). The van der Waals surface area contributed by atoms with E-state index in [0.717, 1.165) is 19.3 Å². The zero-order valence-electron chi connectivity index (χ0n) is 8.73. The van der Waals surface area contributed by atoms with Gasteiger partial charge in [0.1, 0.15) is 0 Å². The van der Waals surface area contributed by atoms with Gasteiger partial charge in [-0.15, -0.1) is 0 Å². The van der Waals surface area contributed by atoms with E-state index in [1.165, 1.54) is 0 Å². The van der Waals surface area contributed by atoms with Gasteiger partial charge in [0.05, 0.1) is 6.61 Å². The summed E-state index contributed by atoms with van der Waals surface area (Å²) >= 11 is 0. The van der Waals surface area contributed by atoms with Gasteiger partial charge < -0.3 is 14.7 Å². The first kappa shape index (κ1) is 10.4. The summed E-state index contributed by atoms with van der Waals surface area (Å²) in [6.45, 7) is 2.07. The van der Waals surface area contributed by atoms with Crippen molar-refractivity contribution in [3.05, 3.63) is 0 Å². The molecule has 0 bridgehead atoms. The van der Waals surface area contributed by atoms with E-state index in [0.29, 0.717) is 18.7 Å². The molecule has 1 atom stereocenters. The van der Waals surface area contributed by atoms with Crippen molar-refractivity contribution in [3.8, 4) is 0 Å². The number of aliphatic hydroxyl groups excluding tert-OH is 1. The Balaban J connectivity index is 2.06. The highest BCUT2D eigenvalue weighted by Crippen LogP contribution is 2.49. The average Bonchev–Trinajstić information content (AvgIpc) is 2.16. The quantitative estimate of drug-likeness (QED) is 0.689. The van der Waals surface area contributed by atoms with Gasteiger partial charge in [-0.3, -0.25) is 0 Å². The Morgan fingerprint density at radius 2 is 2.47 bits per heavy atom. The van der Waals surface area contributed by atoms with E-state index in [-0.39, 0.29) is 5.41 Å². The fourth-order valence-electron chi connectivity index (χ4n) is 2.06. The Bertz CT molecular complexity index is 296. The molecule has 1 N–H and O–H groups in total. The molecule has 0 amide bonds. The van der Waals surface area contributed by atoms with E-state index in [4.69, 9.17) is 9.57 Å². The average molecular weight is 213 g/mol. The normalized spacial score (nSPS) is 27.6. The Labute approximate surface area is 88.0 Å². The topological polar surface area (TPSA) is 68.1 Å². The van der Waals surface area contributed by atoms with E-state index in [1.807, 2.05) is 0 Å². The number of aliphatic hydroxyl groups is 1. The summed E-state index contributed by atoms with van der Waals surface area (Å²) in [5.41, 5.74) is 0.00553. The van der Waals surface area contributed by atoms with Crippen molar-refractivity contribution < 1.29 is 19.5 Å². The van der Waals surface area contributed by atoms with E-state index in [1.54, 1.807) is 6.92 Å². The zero-order valence-corrected chi connectivity index (χ0v) is 8.73. The van der Waals surface area contributed by atoms with Gasteiger partial charge in [0, 0.05) is 11.8 Å². The van der Waals surface area contributed by atoms with Gasteiger partial charge in [0.25, 0.3) is 0 Å². The molecule has 1 saturated carbocycles. The van der Waals surface area contributed by atoms with Gasteiger partial charge in [0.2, 0.25) is 6.29 Å². The molecule has 1 unspecified atom stereocenters. The van der Waals surface area contributed by atoms with E-state index in [9.17, 15) is 9.90 Å². The SMILES string of the molecule is CCOC(=O)C1=NOC(O)C2(CCC2)C1. The van der Waals surface area contributed by atoms with Gasteiger partial charge >= 0.3 is 5.97 Å². The maximum Gasteiger partial charge on any atom is 0.356 e. The van der Waals surface area contributed by atoms with Crippen molar-refractivity contribution in [2.75, 3.05) is 6.61 Å². The second-order valence-electron chi connectivity index (χ2n) is 4.11. The third kappa shape index (κ3) is 1.71. The Kier molecular flexibility index (Phi) is 2.65. The van der Waals surface area contributed by atoms with Crippen LogP contribution in [0.1, 0.15) is 32.6 Å². The van der Waals surface area contributed by atoms with Gasteiger partial charge in [-0.1, -0.05) is 11.6 Å². The molecule has 0 aromatic rings. The highest BCUT2D eigenvalue weighted by molar-refractivity contribution is 6.36. The molecule has 2 aliphatic rings. The first-order valence-electron chi connectivity index (χ1n) is 5.26. The molecule has 0 saturated heterocycles. The van der Waals surface area contributed by atoms with Gasteiger partial charge in [-0.2, -0.15) is 0 Å². The van der Waals surface area contributed by atoms with Crippen LogP contribution in [0.4, 0.5) is 0 Å². The fourth-order valence-corrected chi connectivity index (χ4v) is 2.06. The molecule has 1 fully saturated rings. The zero-order chi connectivity index (χ0) is 10.9. The monoisotopic (exact) mass is 213 g/mol. The standard InChI is InChI=1S/C10H15NO4/c1-2-14-8(12)7-6-10(4-3-5-10)9(13)15-11-7/h9,13H,2-6H2,1H3. The number of ether oxygens (including phenoxy) is 1. The third-order valence-electron chi connectivity index (χ3n) is 3.17. The van der Waals surface area contributed by atoms with Gasteiger partial charge in [0.15, 0.2) is 5.71 Å². The number of rotatable bonds is 2. The molecule has 1 heterocycles. The Morgan fingerprint density at radius 1 is 1.73 bits per heavy atom. The molecule has 0 aromatic heterocycles. The van der Waals surface area contributed by atoms with Crippen LogP contribution in [0.25, 0.3) is 0 Å². The lowest BCUT2D eigenvalue weighted by molar-refractivity contribution is -0.208. The van der Waals surface area contributed by atoms with Crippen LogP contribution in [0.3, 0.4) is 0 Å². The van der Waals surface area contributed by atoms with Crippen molar-refractivity contribution >= 4 is 11.7 Å². The molecular formula is C10H15NO4. The highest BCUT2D eigenvalue weighted by atomic mass is 16.7. The minimum Gasteiger partial charge on any atom is -0.461 e. The minimum absolute atomic E-state index is 0.288. The van der Waals surface area contributed by atoms with Crippen molar-refractivity contribution in [1.82, 2.24) is 0 Å². The summed E-state index contributed by atoms with van der Waals surface area (Å²) in [6.07, 6.45) is 2.42. The molecule has 0 aromatic carbocycles. The summed E-state index contributed by atoms with van der Waals surface area (Å²) in [4.78, 5) is 16.3. The molecule has 1 spiro atoms. The Hall–Kier alpha value is -1.10. The maximum atomic E-state index is 11.4. The summed E-state index contributed by atoms with van der Waals surface area (Å²) in [7, 11) is 0. The van der Waals surface area contributed by atoms with Crippen LogP contribution >= 0.6 is 0 Å². The first-order chi connectivity index (χ1) is 7.18. The maximum absolute atomic E-state index is 11.4. The molecule has 5 nitrogen and oxygen atoms in total. The number of carbonyl (C=O) groups excluding carboxylic acids is 1. The molecule has 5 heteroatoms. The predicted molar refractivity (Wildman–Crippen MR) is 52.1 cm³/mol. The predicted octanol–water partition coefficient (Wildman–Crippen LogP) is 0.814. The number of hydrogen-bond acceptors (Lipinski definition) is 5. The molecule has 15 heavy (non-hydrogen) atoms. The van der Waals surface area contributed by atoms with E-state index in [2.05, 4.69) is 5.16 Å². The van der Waals surface area contributed by atoms with Crippen LogP contribution in [-0.4, -0.2) is 29.7 Å². The van der Waals surface area contributed by atoms with Gasteiger partial charge in [-0.05, 0) is 19.8 Å². The van der Waals surface area contributed by atoms with Crippen LogP contribution < -0.4 is 0 Å². The third-order valence-corrected chi connectivity index (χ3v) is 3.17. The molecule has 0 radical (unpaired) electrons. The van der Waals surface area contributed by atoms with Crippen LogP contribution in [-0.2, 0) is 14.4 Å². The smallest absolute Gasteiger partial charge is 0.356 e. The number of carbonyl (C=O) groups is 1. The summed E-state index contributed by atoms with van der Waals surface area (Å²) in [5, 5.41) is 13.2. The van der Waals surface area contributed by atoms with E-state index >= 15 is 0 Å². The number of oxime groups is 1. The minimum atomic E-state index is -0.871. The lowest BCUT2D eigenvalue weighted by Crippen LogP contribution is -2.47. The van der Waals surface area contributed by atoms with Crippen molar-refractivity contribution in [2.24, 2.45) is 10.6 Å². The summed E-state index contributed by atoms with van der Waals surface area (Å²) in [6, 6.07) is 0. The lowest BCUT2D eigenvalue weighted by atomic mass is 9.65. The summed E-state index contributed by atoms with van der Waals surface area (Å²) in [5.74, 6) is -0.435. The molecule has 1 aliphatic heterocycles. The Morgan fingerprint density at radius 3 is 3.00 bits per heavy atom. The summed E-state index contributed by atoms with van der Waals surface area (Å²) < 4.78 is 4.85. The molecular weight excluding hydrogens is 198 g/mol. The van der Waals surface area contributed by atoms with E-state index < -0.39 is 12.3 Å². The largest absolute Gasteiger partial charge is 0.461 e.